The van der Waals surface area contributed by atoms with Crippen molar-refractivity contribution >= 4 is 17.4 Å². The standard InChI is InChI=1S/C23H17ClO5/c24-16-4-1-14(2-5-16)12-26-17-6-8-20-18(10-17)19(25)11-22(29-20)15-3-7-21-23(9-15)28-13-27-21/h1-10,22H,11-13H2. The van der Waals surface area contributed by atoms with Crippen molar-refractivity contribution in [3.63, 3.8) is 0 Å². The molecular weight excluding hydrogens is 392 g/mol. The maximum absolute atomic E-state index is 12.8. The number of ether oxygens (including phenoxy) is 4. The van der Waals surface area contributed by atoms with Crippen LogP contribution in [0, 0.1) is 0 Å². The third-order valence-corrected chi connectivity index (χ3v) is 5.23. The molecule has 0 saturated heterocycles. The third kappa shape index (κ3) is 3.61. The van der Waals surface area contributed by atoms with E-state index in [4.69, 9.17) is 30.5 Å². The summed E-state index contributed by atoms with van der Waals surface area (Å²) >= 11 is 5.90. The van der Waals surface area contributed by atoms with E-state index in [1.54, 1.807) is 12.1 Å². The molecule has 0 spiro atoms. The van der Waals surface area contributed by atoms with E-state index in [2.05, 4.69) is 0 Å². The number of fused-ring (bicyclic) bond motifs is 2. The van der Waals surface area contributed by atoms with Gasteiger partial charge in [0.25, 0.3) is 0 Å². The van der Waals surface area contributed by atoms with Crippen LogP contribution in [-0.4, -0.2) is 12.6 Å². The van der Waals surface area contributed by atoms with Gasteiger partial charge in [0.05, 0.1) is 12.0 Å². The SMILES string of the molecule is O=C1CC(c2ccc3c(c2)OCO3)Oc2ccc(OCc3ccc(Cl)cc3)cc21. The summed E-state index contributed by atoms with van der Waals surface area (Å²) in [7, 11) is 0. The largest absolute Gasteiger partial charge is 0.489 e. The Kier molecular flexibility index (Phi) is 4.52. The minimum absolute atomic E-state index is 0.0193. The predicted molar refractivity (Wildman–Crippen MR) is 107 cm³/mol. The lowest BCUT2D eigenvalue weighted by Crippen LogP contribution is -2.20. The number of carbonyl (C=O) groups excluding carboxylic acids is 1. The first-order chi connectivity index (χ1) is 14.2. The van der Waals surface area contributed by atoms with E-state index < -0.39 is 0 Å². The normalized spacial score (nSPS) is 16.9. The Balaban J connectivity index is 1.32. The predicted octanol–water partition coefficient (Wildman–Crippen LogP) is 5.35. The molecule has 5 nitrogen and oxygen atoms in total. The number of benzene rings is 3. The minimum Gasteiger partial charge on any atom is -0.489 e. The summed E-state index contributed by atoms with van der Waals surface area (Å²) in [5.41, 5.74) is 2.42. The maximum Gasteiger partial charge on any atom is 0.231 e. The highest BCUT2D eigenvalue weighted by Crippen LogP contribution is 2.40. The fourth-order valence-electron chi connectivity index (χ4n) is 3.44. The fourth-order valence-corrected chi connectivity index (χ4v) is 3.57. The van der Waals surface area contributed by atoms with Gasteiger partial charge in [0.1, 0.15) is 24.2 Å². The van der Waals surface area contributed by atoms with Crippen molar-refractivity contribution in [1.82, 2.24) is 0 Å². The van der Waals surface area contributed by atoms with Crippen LogP contribution in [0.2, 0.25) is 5.02 Å². The van der Waals surface area contributed by atoms with E-state index in [-0.39, 0.29) is 25.1 Å². The van der Waals surface area contributed by atoms with Crippen LogP contribution in [-0.2, 0) is 6.61 Å². The highest BCUT2D eigenvalue weighted by atomic mass is 35.5. The Morgan fingerprint density at radius 1 is 0.931 bits per heavy atom. The molecular formula is C23H17ClO5. The molecule has 0 aliphatic carbocycles. The molecule has 3 aromatic rings. The van der Waals surface area contributed by atoms with Crippen LogP contribution in [0.5, 0.6) is 23.0 Å². The van der Waals surface area contributed by atoms with Crippen LogP contribution >= 0.6 is 11.6 Å². The van der Waals surface area contributed by atoms with Crippen molar-refractivity contribution in [3.8, 4) is 23.0 Å². The Bertz CT molecular complexity index is 1080. The van der Waals surface area contributed by atoms with Gasteiger partial charge in [-0.3, -0.25) is 4.79 Å². The van der Waals surface area contributed by atoms with Crippen molar-refractivity contribution in [2.24, 2.45) is 0 Å². The molecule has 6 heteroatoms. The van der Waals surface area contributed by atoms with Crippen molar-refractivity contribution in [2.75, 3.05) is 6.79 Å². The summed E-state index contributed by atoms with van der Waals surface area (Å²) in [6, 6.07) is 18.4. The molecule has 1 unspecified atom stereocenters. The van der Waals surface area contributed by atoms with Gasteiger partial charge < -0.3 is 18.9 Å². The Hall–Kier alpha value is -3.18. The van der Waals surface area contributed by atoms with Crippen molar-refractivity contribution in [2.45, 2.75) is 19.1 Å². The van der Waals surface area contributed by atoms with Crippen molar-refractivity contribution in [3.05, 3.63) is 82.4 Å². The molecule has 0 aromatic heterocycles. The number of hydrogen-bond acceptors (Lipinski definition) is 5. The summed E-state index contributed by atoms with van der Waals surface area (Å²) in [5.74, 6) is 2.58. The molecule has 0 radical (unpaired) electrons. The van der Waals surface area contributed by atoms with Crippen LogP contribution < -0.4 is 18.9 Å². The molecule has 3 aromatic carbocycles. The topological polar surface area (TPSA) is 54.0 Å². The maximum atomic E-state index is 12.8. The zero-order valence-electron chi connectivity index (χ0n) is 15.4. The lowest BCUT2D eigenvalue weighted by molar-refractivity contribution is 0.0848. The van der Waals surface area contributed by atoms with Gasteiger partial charge in [-0.15, -0.1) is 0 Å². The molecule has 1 atom stereocenters. The highest BCUT2D eigenvalue weighted by molar-refractivity contribution is 6.30. The van der Waals surface area contributed by atoms with Gasteiger partial charge in [-0.25, -0.2) is 0 Å². The van der Waals surface area contributed by atoms with E-state index >= 15 is 0 Å². The van der Waals surface area contributed by atoms with Gasteiger partial charge in [-0.2, -0.15) is 0 Å². The Morgan fingerprint density at radius 3 is 2.59 bits per heavy atom. The van der Waals surface area contributed by atoms with Gasteiger partial charge in [-0.1, -0.05) is 29.8 Å². The molecule has 2 heterocycles. The third-order valence-electron chi connectivity index (χ3n) is 4.98. The molecule has 0 fully saturated rings. The first-order valence-corrected chi connectivity index (χ1v) is 9.64. The number of halogens is 1. The summed E-state index contributed by atoms with van der Waals surface area (Å²) in [6.07, 6.45) is -0.0989. The van der Waals surface area contributed by atoms with E-state index in [0.717, 1.165) is 11.1 Å². The van der Waals surface area contributed by atoms with Gasteiger partial charge >= 0.3 is 0 Å². The average Bonchev–Trinajstić information content (AvgIpc) is 3.21. The minimum atomic E-state index is -0.356. The van der Waals surface area contributed by atoms with Crippen LogP contribution in [0.1, 0.15) is 34.0 Å². The quantitative estimate of drug-likeness (QED) is 0.582. The van der Waals surface area contributed by atoms with Gasteiger partial charge in [0.2, 0.25) is 6.79 Å². The van der Waals surface area contributed by atoms with Crippen molar-refractivity contribution in [1.29, 1.82) is 0 Å². The smallest absolute Gasteiger partial charge is 0.231 e. The average molecular weight is 409 g/mol. The first-order valence-electron chi connectivity index (χ1n) is 9.26. The Labute approximate surface area is 172 Å². The fraction of sp³-hybridized carbons (Fsp3) is 0.174. The van der Waals surface area contributed by atoms with Gasteiger partial charge in [-0.05, 0) is 53.6 Å². The summed E-state index contributed by atoms with van der Waals surface area (Å²) in [6.45, 7) is 0.607. The summed E-state index contributed by atoms with van der Waals surface area (Å²) in [5, 5.41) is 0.683. The van der Waals surface area contributed by atoms with Gasteiger partial charge in [0, 0.05) is 5.02 Å². The number of Topliss-reactive ketones (excluding diaryl/α,β-unsaturated/α-hetero) is 1. The second kappa shape index (κ2) is 7.33. The Morgan fingerprint density at radius 2 is 1.72 bits per heavy atom. The molecule has 0 N–H and O–H groups in total. The zero-order valence-corrected chi connectivity index (χ0v) is 16.1. The van der Waals surface area contributed by atoms with E-state index in [1.165, 1.54) is 0 Å². The number of ketones is 1. The summed E-state index contributed by atoms with van der Waals surface area (Å²) < 4.78 is 22.7. The molecule has 5 rings (SSSR count). The van der Waals surface area contributed by atoms with E-state index in [0.29, 0.717) is 40.2 Å². The second-order valence-corrected chi connectivity index (χ2v) is 7.36. The van der Waals surface area contributed by atoms with Crippen molar-refractivity contribution < 1.29 is 23.7 Å². The molecule has 0 saturated carbocycles. The lowest BCUT2D eigenvalue weighted by Gasteiger charge is -2.26. The molecule has 29 heavy (non-hydrogen) atoms. The number of carbonyl (C=O) groups is 1. The van der Waals surface area contributed by atoms with Crippen LogP contribution in [0.3, 0.4) is 0 Å². The number of rotatable bonds is 4. The molecule has 146 valence electrons. The molecule has 0 bridgehead atoms. The lowest BCUT2D eigenvalue weighted by atomic mass is 9.96. The van der Waals surface area contributed by atoms with Crippen LogP contribution in [0.15, 0.2) is 60.7 Å². The van der Waals surface area contributed by atoms with Crippen LogP contribution in [0.25, 0.3) is 0 Å². The van der Waals surface area contributed by atoms with Gasteiger partial charge in [0.15, 0.2) is 17.3 Å². The second-order valence-electron chi connectivity index (χ2n) is 6.92. The van der Waals surface area contributed by atoms with Crippen LogP contribution in [0.4, 0.5) is 0 Å². The van der Waals surface area contributed by atoms with E-state index in [9.17, 15) is 4.79 Å². The molecule has 2 aliphatic rings. The molecule has 2 aliphatic heterocycles. The number of hydrogen-bond donors (Lipinski definition) is 0. The van der Waals surface area contributed by atoms with E-state index in [1.807, 2.05) is 48.5 Å². The zero-order chi connectivity index (χ0) is 19.8. The summed E-state index contributed by atoms with van der Waals surface area (Å²) in [4.78, 5) is 12.8. The monoisotopic (exact) mass is 408 g/mol. The highest BCUT2D eigenvalue weighted by Gasteiger charge is 2.29. The first kappa shape index (κ1) is 17.9. The molecule has 0 amide bonds.